The number of carboxylic acid groups (broad SMARTS) is 1. The summed E-state index contributed by atoms with van der Waals surface area (Å²) in [5, 5.41) is 11.5. The van der Waals surface area contributed by atoms with Gasteiger partial charge in [0.2, 0.25) is 0 Å². The highest BCUT2D eigenvalue weighted by atomic mass is 32.1. The van der Waals surface area contributed by atoms with Gasteiger partial charge in [-0.3, -0.25) is 4.79 Å². The molecular formula is C15H18N2O2S. The molecule has 106 valence electrons. The normalized spacial score (nSPS) is 23.4. The van der Waals surface area contributed by atoms with E-state index in [0.29, 0.717) is 0 Å². The number of nitrogens with zero attached hydrogens (tertiary/aromatic N) is 2. The molecule has 5 heteroatoms. The second kappa shape index (κ2) is 5.79. The lowest BCUT2D eigenvalue weighted by molar-refractivity contribution is -0.143. The first-order valence-corrected chi connectivity index (χ1v) is 7.95. The van der Waals surface area contributed by atoms with Crippen molar-refractivity contribution in [3.05, 3.63) is 29.9 Å². The molecule has 1 aliphatic carbocycles. The van der Waals surface area contributed by atoms with E-state index in [1.165, 1.54) is 0 Å². The minimum Gasteiger partial charge on any atom is -0.481 e. The summed E-state index contributed by atoms with van der Waals surface area (Å²) in [6, 6.07) is 4.06. The van der Waals surface area contributed by atoms with Crippen LogP contribution in [0.3, 0.4) is 0 Å². The average Bonchev–Trinajstić information content (AvgIpc) is 3.04. The molecule has 0 radical (unpaired) electrons. The Morgan fingerprint density at radius 1 is 1.35 bits per heavy atom. The molecule has 2 aromatic rings. The molecule has 1 aliphatic rings. The fourth-order valence-corrected chi connectivity index (χ4v) is 3.81. The van der Waals surface area contributed by atoms with Crippen molar-refractivity contribution in [2.75, 3.05) is 0 Å². The van der Waals surface area contributed by atoms with Crippen molar-refractivity contribution >= 4 is 17.3 Å². The van der Waals surface area contributed by atoms with Gasteiger partial charge in [0, 0.05) is 18.4 Å². The number of hydrogen-bond donors (Lipinski definition) is 1. The third-order valence-electron chi connectivity index (χ3n) is 4.06. The first-order chi connectivity index (χ1) is 9.77. The van der Waals surface area contributed by atoms with Crippen molar-refractivity contribution in [3.63, 3.8) is 0 Å². The molecule has 1 fully saturated rings. The second-order valence-electron chi connectivity index (χ2n) is 5.29. The molecule has 2 atom stereocenters. The van der Waals surface area contributed by atoms with E-state index in [1.54, 1.807) is 17.5 Å². The van der Waals surface area contributed by atoms with E-state index < -0.39 is 5.97 Å². The maximum atomic E-state index is 11.6. The van der Waals surface area contributed by atoms with Crippen LogP contribution >= 0.6 is 11.3 Å². The van der Waals surface area contributed by atoms with Crippen LogP contribution in [0.15, 0.2) is 29.9 Å². The lowest BCUT2D eigenvalue weighted by atomic mass is 9.94. The zero-order valence-corrected chi connectivity index (χ0v) is 12.1. The van der Waals surface area contributed by atoms with E-state index in [2.05, 4.69) is 9.55 Å². The molecule has 3 rings (SSSR count). The number of imidazole rings is 1. The summed E-state index contributed by atoms with van der Waals surface area (Å²) >= 11 is 1.64. The van der Waals surface area contributed by atoms with Crippen LogP contribution in [0.5, 0.6) is 0 Å². The number of carbonyl (C=O) groups is 1. The summed E-state index contributed by atoms with van der Waals surface area (Å²) in [7, 11) is 0. The number of rotatable bonds is 3. The van der Waals surface area contributed by atoms with Gasteiger partial charge in [0.15, 0.2) is 0 Å². The van der Waals surface area contributed by atoms with Gasteiger partial charge < -0.3 is 9.67 Å². The molecule has 2 aromatic heterocycles. The quantitative estimate of drug-likeness (QED) is 0.874. The van der Waals surface area contributed by atoms with Crippen LogP contribution in [0.4, 0.5) is 0 Å². The van der Waals surface area contributed by atoms with E-state index in [0.717, 1.165) is 42.8 Å². The summed E-state index contributed by atoms with van der Waals surface area (Å²) in [5.41, 5.74) is 0. The number of thiophene rings is 1. The van der Waals surface area contributed by atoms with Crippen LogP contribution in [-0.4, -0.2) is 20.6 Å². The minimum atomic E-state index is -0.678. The zero-order chi connectivity index (χ0) is 13.9. The van der Waals surface area contributed by atoms with E-state index in [4.69, 9.17) is 0 Å². The first-order valence-electron chi connectivity index (χ1n) is 7.07. The lowest BCUT2D eigenvalue weighted by Gasteiger charge is -2.24. The van der Waals surface area contributed by atoms with Crippen LogP contribution in [0.1, 0.15) is 38.1 Å². The van der Waals surface area contributed by atoms with E-state index >= 15 is 0 Å². The van der Waals surface area contributed by atoms with Gasteiger partial charge in [-0.2, -0.15) is 0 Å². The van der Waals surface area contributed by atoms with Crippen molar-refractivity contribution in [1.29, 1.82) is 0 Å². The van der Waals surface area contributed by atoms with Crippen LogP contribution < -0.4 is 0 Å². The highest BCUT2D eigenvalue weighted by Crippen LogP contribution is 2.36. The predicted molar refractivity (Wildman–Crippen MR) is 78.8 cm³/mol. The largest absolute Gasteiger partial charge is 0.481 e. The molecule has 0 saturated heterocycles. The van der Waals surface area contributed by atoms with Gasteiger partial charge in [0.05, 0.1) is 10.8 Å². The van der Waals surface area contributed by atoms with Crippen molar-refractivity contribution in [2.45, 2.75) is 38.1 Å². The highest BCUT2D eigenvalue weighted by molar-refractivity contribution is 7.13. The van der Waals surface area contributed by atoms with Gasteiger partial charge >= 0.3 is 5.97 Å². The van der Waals surface area contributed by atoms with Gasteiger partial charge in [0.25, 0.3) is 0 Å². The Kier molecular flexibility index (Phi) is 3.87. The maximum Gasteiger partial charge on any atom is 0.308 e. The maximum absolute atomic E-state index is 11.6. The zero-order valence-electron chi connectivity index (χ0n) is 11.2. The average molecular weight is 290 g/mol. The molecule has 2 heterocycles. The monoisotopic (exact) mass is 290 g/mol. The number of aliphatic carboxylic acids is 1. The third kappa shape index (κ3) is 2.50. The Hall–Kier alpha value is -1.62. The van der Waals surface area contributed by atoms with Gasteiger partial charge in [-0.05, 0) is 24.3 Å². The van der Waals surface area contributed by atoms with Crippen molar-refractivity contribution in [3.8, 4) is 10.7 Å². The molecule has 0 aliphatic heterocycles. The fraction of sp³-hybridized carbons (Fsp3) is 0.467. The van der Waals surface area contributed by atoms with Crippen LogP contribution in [0.2, 0.25) is 0 Å². The molecule has 1 saturated carbocycles. The molecule has 20 heavy (non-hydrogen) atoms. The Balaban J connectivity index is 1.98. The summed E-state index contributed by atoms with van der Waals surface area (Å²) < 4.78 is 2.08. The summed E-state index contributed by atoms with van der Waals surface area (Å²) in [4.78, 5) is 17.1. The smallest absolute Gasteiger partial charge is 0.308 e. The van der Waals surface area contributed by atoms with Crippen molar-refractivity contribution < 1.29 is 9.90 Å². The van der Waals surface area contributed by atoms with Crippen LogP contribution in [0, 0.1) is 5.92 Å². The summed E-state index contributed by atoms with van der Waals surface area (Å²) in [6.45, 7) is 0. The van der Waals surface area contributed by atoms with Crippen molar-refractivity contribution in [1.82, 2.24) is 9.55 Å². The van der Waals surface area contributed by atoms with Gasteiger partial charge in [-0.15, -0.1) is 11.3 Å². The number of hydrogen-bond acceptors (Lipinski definition) is 3. The van der Waals surface area contributed by atoms with E-state index in [1.807, 2.05) is 23.7 Å². The highest BCUT2D eigenvalue weighted by Gasteiger charge is 2.32. The molecule has 0 aromatic carbocycles. The van der Waals surface area contributed by atoms with Gasteiger partial charge in [0.1, 0.15) is 5.82 Å². The van der Waals surface area contributed by atoms with Gasteiger partial charge in [-0.25, -0.2) is 4.98 Å². The molecular weight excluding hydrogens is 272 g/mol. The lowest BCUT2D eigenvalue weighted by Crippen LogP contribution is -2.25. The van der Waals surface area contributed by atoms with Crippen LogP contribution in [-0.2, 0) is 4.79 Å². The Morgan fingerprint density at radius 3 is 2.95 bits per heavy atom. The Bertz CT molecular complexity index is 576. The standard InChI is InChI=1S/C15H18N2O2S/c18-15(19)11-5-2-1-3-6-12(11)17-9-8-16-14(17)13-7-4-10-20-13/h4,7-12H,1-3,5-6H2,(H,18,19). The third-order valence-corrected chi connectivity index (χ3v) is 4.93. The number of aromatic nitrogens is 2. The molecule has 4 nitrogen and oxygen atoms in total. The second-order valence-corrected chi connectivity index (χ2v) is 6.23. The summed E-state index contributed by atoms with van der Waals surface area (Å²) in [6.07, 6.45) is 8.63. The molecule has 1 N–H and O–H groups in total. The van der Waals surface area contributed by atoms with Crippen LogP contribution in [0.25, 0.3) is 10.7 Å². The SMILES string of the molecule is O=C(O)C1CCCCCC1n1ccnc1-c1cccs1. The Labute approximate surface area is 122 Å². The van der Waals surface area contributed by atoms with E-state index in [9.17, 15) is 9.90 Å². The van der Waals surface area contributed by atoms with E-state index in [-0.39, 0.29) is 12.0 Å². The van der Waals surface area contributed by atoms with Gasteiger partial charge in [-0.1, -0.05) is 25.3 Å². The van der Waals surface area contributed by atoms with Crippen molar-refractivity contribution in [2.24, 2.45) is 5.92 Å². The molecule has 0 spiro atoms. The fourth-order valence-electron chi connectivity index (χ4n) is 3.09. The Morgan fingerprint density at radius 2 is 2.20 bits per heavy atom. The number of carboxylic acids is 1. The molecule has 2 unspecified atom stereocenters. The summed E-state index contributed by atoms with van der Waals surface area (Å²) in [5.74, 6) is -0.0775. The topological polar surface area (TPSA) is 55.1 Å². The predicted octanol–water partition coefficient (Wildman–Crippen LogP) is 3.82. The first kappa shape index (κ1) is 13.4. The molecule has 0 bridgehead atoms. The minimum absolute atomic E-state index is 0.0228. The molecule has 0 amide bonds.